The summed E-state index contributed by atoms with van der Waals surface area (Å²) >= 11 is 1.49. The molecule has 140 valence electrons. The van der Waals surface area contributed by atoms with Crippen LogP contribution in [0, 0.1) is 19.8 Å². The second-order valence-electron chi connectivity index (χ2n) is 6.90. The van der Waals surface area contributed by atoms with E-state index in [1.54, 1.807) is 10.6 Å². The summed E-state index contributed by atoms with van der Waals surface area (Å²) in [6.07, 6.45) is 3.33. The van der Waals surface area contributed by atoms with Gasteiger partial charge in [0.1, 0.15) is 5.75 Å². The normalized spacial score (nSPS) is 15.8. The van der Waals surface area contributed by atoms with E-state index in [4.69, 9.17) is 9.57 Å². The topological polar surface area (TPSA) is 51.7 Å². The average Bonchev–Trinajstić information content (AvgIpc) is 3.11. The van der Waals surface area contributed by atoms with Crippen molar-refractivity contribution in [1.82, 2.24) is 10.0 Å². The minimum Gasteiger partial charge on any atom is -0.493 e. The van der Waals surface area contributed by atoms with Gasteiger partial charge in [-0.15, -0.1) is 16.4 Å². The fraction of sp³-hybridized carbons (Fsp3) is 0.500. The Morgan fingerprint density at radius 1 is 1.31 bits per heavy atom. The zero-order valence-electron chi connectivity index (χ0n) is 15.4. The van der Waals surface area contributed by atoms with Gasteiger partial charge in [0.15, 0.2) is 0 Å². The van der Waals surface area contributed by atoms with Crippen LogP contribution in [0.1, 0.15) is 36.1 Å². The lowest BCUT2D eigenvalue weighted by Crippen LogP contribution is -2.36. The third-order valence-electron chi connectivity index (χ3n) is 4.73. The van der Waals surface area contributed by atoms with Gasteiger partial charge in [-0.3, -0.25) is 0 Å². The van der Waals surface area contributed by atoms with Crippen LogP contribution in [0.25, 0.3) is 0 Å². The number of ether oxygens (including phenoxy) is 1. The summed E-state index contributed by atoms with van der Waals surface area (Å²) in [5, 5.41) is 3.67. The fourth-order valence-electron chi connectivity index (χ4n) is 3.24. The highest BCUT2D eigenvalue weighted by Crippen LogP contribution is 2.23. The van der Waals surface area contributed by atoms with E-state index in [1.807, 2.05) is 5.38 Å². The molecular formula is C20H26N2O3S. The summed E-state index contributed by atoms with van der Waals surface area (Å²) in [5.41, 5.74) is 4.95. The first-order chi connectivity index (χ1) is 12.6. The van der Waals surface area contributed by atoms with Crippen LogP contribution in [0.2, 0.25) is 0 Å². The van der Waals surface area contributed by atoms with Crippen molar-refractivity contribution in [2.24, 2.45) is 5.92 Å². The lowest BCUT2D eigenvalue weighted by Gasteiger charge is -2.30. The van der Waals surface area contributed by atoms with E-state index in [2.05, 4.69) is 37.0 Å². The van der Waals surface area contributed by atoms with Crippen LogP contribution < -0.4 is 4.74 Å². The first-order valence-electron chi connectivity index (χ1n) is 9.13. The monoisotopic (exact) mass is 374 g/mol. The Morgan fingerprint density at radius 2 is 2.12 bits per heavy atom. The average molecular weight is 375 g/mol. The molecule has 2 aromatic rings. The highest BCUT2D eigenvalue weighted by molar-refractivity contribution is 7.07. The Labute approximate surface area is 158 Å². The predicted molar refractivity (Wildman–Crippen MR) is 102 cm³/mol. The van der Waals surface area contributed by atoms with Gasteiger partial charge in [0.2, 0.25) is 0 Å². The van der Waals surface area contributed by atoms with Crippen molar-refractivity contribution in [2.75, 3.05) is 19.7 Å². The molecule has 1 aromatic carbocycles. The first-order valence-corrected chi connectivity index (χ1v) is 10.1. The standard InChI is InChI=1S/C20H26N2O3S/c1-15-3-4-19(16(2)11-15)24-10-7-17-5-8-22(9-6-17)25-20(23)12-18-13-26-14-21-18/h3-4,11,13-14,17H,5-10,12H2,1-2H3. The minimum absolute atomic E-state index is 0.229. The van der Waals surface area contributed by atoms with Gasteiger partial charge in [-0.1, -0.05) is 17.7 Å². The molecule has 1 aliphatic rings. The molecule has 5 nitrogen and oxygen atoms in total. The molecule has 0 aliphatic carbocycles. The van der Waals surface area contributed by atoms with E-state index < -0.39 is 0 Å². The van der Waals surface area contributed by atoms with Crippen molar-refractivity contribution in [3.05, 3.63) is 45.9 Å². The van der Waals surface area contributed by atoms with Gasteiger partial charge < -0.3 is 9.57 Å². The minimum atomic E-state index is -0.229. The molecule has 26 heavy (non-hydrogen) atoms. The van der Waals surface area contributed by atoms with Crippen molar-refractivity contribution in [1.29, 1.82) is 0 Å². The van der Waals surface area contributed by atoms with E-state index >= 15 is 0 Å². The Hall–Kier alpha value is -1.92. The van der Waals surface area contributed by atoms with Crippen LogP contribution in [0.3, 0.4) is 0 Å². The maximum Gasteiger partial charge on any atom is 0.331 e. The van der Waals surface area contributed by atoms with E-state index in [0.29, 0.717) is 5.92 Å². The quantitative estimate of drug-likeness (QED) is 0.735. The summed E-state index contributed by atoms with van der Waals surface area (Å²) < 4.78 is 5.94. The van der Waals surface area contributed by atoms with Crippen LogP contribution in [-0.2, 0) is 16.1 Å². The molecule has 0 bridgehead atoms. The summed E-state index contributed by atoms with van der Waals surface area (Å²) in [6, 6.07) is 6.28. The number of thiazole rings is 1. The molecule has 0 atom stereocenters. The highest BCUT2D eigenvalue weighted by Gasteiger charge is 2.22. The summed E-state index contributed by atoms with van der Waals surface area (Å²) in [4.78, 5) is 21.5. The molecule has 1 aliphatic heterocycles. The molecule has 6 heteroatoms. The lowest BCUT2D eigenvalue weighted by atomic mass is 9.95. The molecular weight excluding hydrogens is 348 g/mol. The maximum atomic E-state index is 11.9. The number of carbonyl (C=O) groups excluding carboxylic acids is 1. The predicted octanol–water partition coefficient (Wildman–Crippen LogP) is 3.94. The lowest BCUT2D eigenvalue weighted by molar-refractivity contribution is -0.196. The van der Waals surface area contributed by atoms with Gasteiger partial charge in [0, 0.05) is 18.5 Å². The fourth-order valence-corrected chi connectivity index (χ4v) is 3.79. The van der Waals surface area contributed by atoms with Gasteiger partial charge >= 0.3 is 5.97 Å². The first kappa shape index (κ1) is 18.9. The number of carbonyl (C=O) groups is 1. The van der Waals surface area contributed by atoms with Crippen LogP contribution >= 0.6 is 11.3 Å². The molecule has 0 saturated carbocycles. The van der Waals surface area contributed by atoms with Gasteiger partial charge in [-0.25, -0.2) is 9.78 Å². The molecule has 3 rings (SSSR count). The Bertz CT molecular complexity index is 710. The summed E-state index contributed by atoms with van der Waals surface area (Å²) in [5.74, 6) is 1.37. The van der Waals surface area contributed by atoms with Crippen LogP contribution in [0.15, 0.2) is 29.1 Å². The molecule has 0 radical (unpaired) electrons. The van der Waals surface area contributed by atoms with Crippen LogP contribution in [0.5, 0.6) is 5.75 Å². The molecule has 2 heterocycles. The highest BCUT2D eigenvalue weighted by atomic mass is 32.1. The Morgan fingerprint density at radius 3 is 2.81 bits per heavy atom. The number of aryl methyl sites for hydroxylation is 2. The second kappa shape index (κ2) is 9.14. The third kappa shape index (κ3) is 5.54. The van der Waals surface area contributed by atoms with Crippen molar-refractivity contribution in [3.8, 4) is 5.75 Å². The van der Waals surface area contributed by atoms with Crippen LogP contribution in [0.4, 0.5) is 0 Å². The maximum absolute atomic E-state index is 11.9. The van der Waals surface area contributed by atoms with Crippen LogP contribution in [-0.4, -0.2) is 35.7 Å². The summed E-state index contributed by atoms with van der Waals surface area (Å²) in [7, 11) is 0. The van der Waals surface area contributed by atoms with E-state index in [1.165, 1.54) is 22.5 Å². The van der Waals surface area contributed by atoms with E-state index in [9.17, 15) is 4.79 Å². The van der Waals surface area contributed by atoms with Gasteiger partial charge in [-0.2, -0.15) is 0 Å². The van der Waals surface area contributed by atoms with Gasteiger partial charge in [0.05, 0.1) is 24.2 Å². The zero-order valence-corrected chi connectivity index (χ0v) is 16.3. The molecule has 1 saturated heterocycles. The Kier molecular flexibility index (Phi) is 6.63. The molecule has 0 spiro atoms. The number of piperidine rings is 1. The van der Waals surface area contributed by atoms with Gasteiger partial charge in [-0.05, 0) is 50.7 Å². The molecule has 0 unspecified atom stereocenters. The van der Waals surface area contributed by atoms with Gasteiger partial charge in [0.25, 0.3) is 0 Å². The number of hydrogen-bond acceptors (Lipinski definition) is 6. The molecule has 0 N–H and O–H groups in total. The zero-order chi connectivity index (χ0) is 18.4. The number of hydrogen-bond donors (Lipinski definition) is 0. The van der Waals surface area contributed by atoms with Crippen molar-refractivity contribution >= 4 is 17.3 Å². The number of hydroxylamine groups is 2. The van der Waals surface area contributed by atoms with Crippen molar-refractivity contribution < 1.29 is 14.4 Å². The molecule has 1 aromatic heterocycles. The smallest absolute Gasteiger partial charge is 0.331 e. The number of aromatic nitrogens is 1. The number of benzene rings is 1. The SMILES string of the molecule is Cc1ccc(OCCC2CCN(OC(=O)Cc3cscn3)CC2)c(C)c1. The van der Waals surface area contributed by atoms with Crippen molar-refractivity contribution in [2.45, 2.75) is 39.5 Å². The largest absolute Gasteiger partial charge is 0.493 e. The van der Waals surface area contributed by atoms with Crippen molar-refractivity contribution in [3.63, 3.8) is 0 Å². The van der Waals surface area contributed by atoms with E-state index in [0.717, 1.165) is 50.4 Å². The van der Waals surface area contributed by atoms with E-state index in [-0.39, 0.29) is 12.4 Å². The Balaban J connectivity index is 1.34. The summed E-state index contributed by atoms with van der Waals surface area (Å²) in [6.45, 7) is 6.49. The number of nitrogens with zero attached hydrogens (tertiary/aromatic N) is 2. The molecule has 1 fully saturated rings. The molecule has 0 amide bonds. The number of rotatable bonds is 7. The second-order valence-corrected chi connectivity index (χ2v) is 7.62. The third-order valence-corrected chi connectivity index (χ3v) is 5.36.